The molecule has 2 aromatic carbocycles. The van der Waals surface area contributed by atoms with E-state index in [4.69, 9.17) is 4.98 Å². The zero-order valence-electron chi connectivity index (χ0n) is 18.5. The molecule has 0 fully saturated rings. The molecule has 0 aliphatic carbocycles. The lowest BCUT2D eigenvalue weighted by molar-refractivity contribution is -0.128. The summed E-state index contributed by atoms with van der Waals surface area (Å²) in [5, 5.41) is 0.509. The zero-order valence-corrected chi connectivity index (χ0v) is 19.3. The van der Waals surface area contributed by atoms with Crippen molar-refractivity contribution in [2.75, 3.05) is 12.3 Å². The van der Waals surface area contributed by atoms with E-state index in [2.05, 4.69) is 4.98 Å². The number of aryl methyl sites for hydroxylation is 2. The first kappa shape index (κ1) is 21.9. The lowest BCUT2D eigenvalue weighted by Gasteiger charge is -2.21. The number of fused-ring (bicyclic) bond motifs is 1. The van der Waals surface area contributed by atoms with Crippen LogP contribution in [0.2, 0.25) is 0 Å². The first-order valence-corrected chi connectivity index (χ1v) is 11.6. The Kier molecular flexibility index (Phi) is 6.46. The second-order valence-electron chi connectivity index (χ2n) is 7.77. The molecule has 0 saturated carbocycles. The number of hydrogen-bond donors (Lipinski definition) is 1. The average Bonchev–Trinajstić information content (AvgIpc) is 3.18. The summed E-state index contributed by atoms with van der Waals surface area (Å²) in [6.45, 7) is 7.05. The maximum Gasteiger partial charge on any atom is 0.283 e. The van der Waals surface area contributed by atoms with E-state index in [0.717, 1.165) is 22.5 Å². The molecular weight excluding hydrogens is 420 g/mol. The van der Waals surface area contributed by atoms with Gasteiger partial charge in [-0.1, -0.05) is 59.8 Å². The van der Waals surface area contributed by atoms with Crippen molar-refractivity contribution in [2.24, 2.45) is 0 Å². The van der Waals surface area contributed by atoms with E-state index in [1.165, 1.54) is 11.8 Å². The number of carbonyl (C=O) groups is 1. The number of hydrogen-bond acceptors (Lipinski definition) is 4. The van der Waals surface area contributed by atoms with Gasteiger partial charge in [0.05, 0.1) is 17.0 Å². The standard InChI is InChI=1S/C25H26N4O2S/c1-4-28(15-19-8-6-5-7-9-19)22(30)16-32-25-27-21-14-18(3)26-23(21)24(31)29(25)20-12-10-17(2)11-13-20/h5-14,26H,4,15-16H2,1-3H3. The van der Waals surface area contributed by atoms with Gasteiger partial charge < -0.3 is 9.88 Å². The molecule has 32 heavy (non-hydrogen) atoms. The van der Waals surface area contributed by atoms with Gasteiger partial charge >= 0.3 is 0 Å². The monoisotopic (exact) mass is 446 g/mol. The molecule has 0 aliphatic rings. The molecule has 1 N–H and O–H groups in total. The van der Waals surface area contributed by atoms with Crippen molar-refractivity contribution >= 4 is 28.7 Å². The van der Waals surface area contributed by atoms with Gasteiger partial charge in [-0.05, 0) is 44.5 Å². The van der Waals surface area contributed by atoms with Crippen LogP contribution in [0.1, 0.15) is 23.7 Å². The summed E-state index contributed by atoms with van der Waals surface area (Å²) in [5.41, 5.74) is 4.72. The fourth-order valence-electron chi connectivity index (χ4n) is 3.59. The van der Waals surface area contributed by atoms with Gasteiger partial charge in [-0.15, -0.1) is 0 Å². The van der Waals surface area contributed by atoms with E-state index in [9.17, 15) is 9.59 Å². The molecule has 1 amide bonds. The van der Waals surface area contributed by atoms with E-state index in [-0.39, 0.29) is 17.2 Å². The first-order valence-electron chi connectivity index (χ1n) is 10.6. The van der Waals surface area contributed by atoms with Crippen molar-refractivity contribution in [3.8, 4) is 5.69 Å². The molecule has 2 aromatic heterocycles. The smallest absolute Gasteiger partial charge is 0.283 e. The van der Waals surface area contributed by atoms with Crippen LogP contribution in [0.4, 0.5) is 0 Å². The Morgan fingerprint density at radius 2 is 1.81 bits per heavy atom. The van der Waals surface area contributed by atoms with Gasteiger partial charge in [0.15, 0.2) is 5.16 Å². The second-order valence-corrected chi connectivity index (χ2v) is 8.71. The Morgan fingerprint density at radius 3 is 2.50 bits per heavy atom. The molecule has 0 atom stereocenters. The summed E-state index contributed by atoms with van der Waals surface area (Å²) in [5.74, 6) is 0.213. The molecule has 4 aromatic rings. The number of nitrogens with zero attached hydrogens (tertiary/aromatic N) is 3. The number of aromatic amines is 1. The quantitative estimate of drug-likeness (QED) is 0.336. The summed E-state index contributed by atoms with van der Waals surface area (Å²) in [4.78, 5) is 35.9. The van der Waals surface area contributed by atoms with Gasteiger partial charge in [0.1, 0.15) is 5.52 Å². The van der Waals surface area contributed by atoms with E-state index < -0.39 is 0 Å². The van der Waals surface area contributed by atoms with Crippen LogP contribution in [-0.2, 0) is 11.3 Å². The van der Waals surface area contributed by atoms with Crippen molar-refractivity contribution in [3.63, 3.8) is 0 Å². The van der Waals surface area contributed by atoms with Crippen LogP contribution < -0.4 is 5.56 Å². The molecule has 4 rings (SSSR count). The minimum Gasteiger partial charge on any atom is -0.353 e. The van der Waals surface area contributed by atoms with Gasteiger partial charge in [0.25, 0.3) is 5.56 Å². The number of rotatable bonds is 7. The first-order chi connectivity index (χ1) is 15.5. The van der Waals surface area contributed by atoms with Crippen LogP contribution in [0.25, 0.3) is 16.7 Å². The van der Waals surface area contributed by atoms with Crippen molar-refractivity contribution in [2.45, 2.75) is 32.5 Å². The number of carbonyl (C=O) groups excluding carboxylic acids is 1. The topological polar surface area (TPSA) is 71.0 Å². The summed E-state index contributed by atoms with van der Waals surface area (Å²) < 4.78 is 1.59. The van der Waals surface area contributed by atoms with Crippen molar-refractivity contribution in [1.29, 1.82) is 0 Å². The van der Waals surface area contributed by atoms with Crippen LogP contribution in [0.5, 0.6) is 0 Å². The number of thioether (sulfide) groups is 1. The van der Waals surface area contributed by atoms with Gasteiger partial charge in [-0.25, -0.2) is 4.98 Å². The minimum atomic E-state index is -0.168. The Labute approximate surface area is 191 Å². The fourth-order valence-corrected chi connectivity index (χ4v) is 4.51. The molecule has 0 aliphatic heterocycles. The Hall–Kier alpha value is -3.32. The van der Waals surface area contributed by atoms with Crippen molar-refractivity contribution in [1.82, 2.24) is 19.4 Å². The van der Waals surface area contributed by atoms with Gasteiger partial charge in [-0.3, -0.25) is 14.2 Å². The zero-order chi connectivity index (χ0) is 22.7. The highest BCUT2D eigenvalue weighted by atomic mass is 32.2. The maximum absolute atomic E-state index is 13.3. The van der Waals surface area contributed by atoms with Crippen molar-refractivity contribution in [3.05, 3.63) is 87.8 Å². The van der Waals surface area contributed by atoms with Crippen LogP contribution >= 0.6 is 11.8 Å². The van der Waals surface area contributed by atoms with Gasteiger partial charge in [-0.2, -0.15) is 0 Å². The third kappa shape index (κ3) is 4.62. The minimum absolute atomic E-state index is 0.0106. The third-order valence-corrected chi connectivity index (χ3v) is 6.25. The highest BCUT2D eigenvalue weighted by Gasteiger charge is 2.18. The lowest BCUT2D eigenvalue weighted by atomic mass is 10.2. The number of amides is 1. The number of benzene rings is 2. The predicted octanol–water partition coefficient (Wildman–Crippen LogP) is 4.47. The Bertz CT molecular complexity index is 1290. The van der Waals surface area contributed by atoms with E-state index >= 15 is 0 Å². The molecular formula is C25H26N4O2S. The molecule has 164 valence electrons. The van der Waals surface area contributed by atoms with Gasteiger partial charge in [0.2, 0.25) is 5.91 Å². The molecule has 2 heterocycles. The molecule has 6 nitrogen and oxygen atoms in total. The number of nitrogens with one attached hydrogen (secondary N) is 1. The largest absolute Gasteiger partial charge is 0.353 e. The molecule has 7 heteroatoms. The van der Waals surface area contributed by atoms with Crippen LogP contribution in [0.3, 0.4) is 0 Å². The summed E-state index contributed by atoms with van der Waals surface area (Å²) in [6.07, 6.45) is 0. The predicted molar refractivity (Wildman–Crippen MR) is 129 cm³/mol. The third-order valence-electron chi connectivity index (χ3n) is 5.32. The van der Waals surface area contributed by atoms with E-state index in [1.807, 2.05) is 86.3 Å². The number of aromatic nitrogens is 3. The lowest BCUT2D eigenvalue weighted by Crippen LogP contribution is -2.32. The second kappa shape index (κ2) is 9.44. The molecule has 0 spiro atoms. The van der Waals surface area contributed by atoms with Crippen LogP contribution in [0.15, 0.2) is 70.6 Å². The van der Waals surface area contributed by atoms with Crippen LogP contribution in [-0.4, -0.2) is 37.6 Å². The molecule has 0 unspecified atom stereocenters. The summed E-state index contributed by atoms with van der Waals surface area (Å²) >= 11 is 1.29. The maximum atomic E-state index is 13.3. The van der Waals surface area contributed by atoms with Crippen LogP contribution in [0, 0.1) is 13.8 Å². The van der Waals surface area contributed by atoms with Gasteiger partial charge in [0, 0.05) is 18.8 Å². The Balaban J connectivity index is 1.64. The van der Waals surface area contributed by atoms with E-state index in [0.29, 0.717) is 29.3 Å². The van der Waals surface area contributed by atoms with E-state index in [1.54, 1.807) is 4.57 Å². The molecule has 0 bridgehead atoms. The normalized spacial score (nSPS) is 11.1. The van der Waals surface area contributed by atoms with Crippen molar-refractivity contribution < 1.29 is 4.79 Å². The highest BCUT2D eigenvalue weighted by molar-refractivity contribution is 7.99. The molecule has 0 saturated heterocycles. The SMILES string of the molecule is CCN(Cc1ccccc1)C(=O)CSc1nc2cc(C)[nH]c2c(=O)n1-c1ccc(C)cc1. The highest BCUT2D eigenvalue weighted by Crippen LogP contribution is 2.22. The number of H-pyrrole nitrogens is 1. The average molecular weight is 447 g/mol. The molecule has 0 radical (unpaired) electrons. The fraction of sp³-hybridized carbons (Fsp3) is 0.240. The summed E-state index contributed by atoms with van der Waals surface area (Å²) in [6, 6.07) is 19.5. The Morgan fingerprint density at radius 1 is 1.09 bits per heavy atom. The summed E-state index contributed by atoms with van der Waals surface area (Å²) in [7, 11) is 0.